The van der Waals surface area contributed by atoms with Gasteiger partial charge in [-0.3, -0.25) is 4.68 Å². The summed E-state index contributed by atoms with van der Waals surface area (Å²) in [6.07, 6.45) is 3.07. The van der Waals surface area contributed by atoms with Crippen molar-refractivity contribution in [1.82, 2.24) is 24.5 Å². The van der Waals surface area contributed by atoms with Crippen LogP contribution in [-0.2, 0) is 23.1 Å². The van der Waals surface area contributed by atoms with Crippen molar-refractivity contribution in [2.24, 2.45) is 5.73 Å². The van der Waals surface area contributed by atoms with Gasteiger partial charge in [-0.05, 0) is 13.8 Å². The Hall–Kier alpha value is -1.71. The fourth-order valence-corrected chi connectivity index (χ4v) is 3.45. The number of imidazole rings is 1. The van der Waals surface area contributed by atoms with Gasteiger partial charge in [0, 0.05) is 18.4 Å². The molecule has 0 spiro atoms. The van der Waals surface area contributed by atoms with Crippen LogP contribution in [0.3, 0.4) is 0 Å². The van der Waals surface area contributed by atoms with Crippen molar-refractivity contribution in [1.29, 1.82) is 0 Å². The number of sulfonamides is 1. The Morgan fingerprint density at radius 3 is 2.80 bits per heavy atom. The molecule has 0 aliphatic carbocycles. The Balaban J connectivity index is 2.25. The van der Waals surface area contributed by atoms with E-state index < -0.39 is 10.0 Å². The molecule has 2 heterocycles. The number of hydrogen-bond acceptors (Lipinski definition) is 5. The van der Waals surface area contributed by atoms with Crippen LogP contribution in [0.2, 0.25) is 0 Å². The van der Waals surface area contributed by atoms with Gasteiger partial charge in [-0.2, -0.15) is 5.10 Å². The molecule has 0 fully saturated rings. The highest BCUT2D eigenvalue weighted by molar-refractivity contribution is 7.89. The lowest BCUT2D eigenvalue weighted by molar-refractivity contribution is 0.576. The monoisotopic (exact) mass is 298 g/mol. The summed E-state index contributed by atoms with van der Waals surface area (Å²) in [5.74, 6) is 0. The molecule has 2 aromatic heterocycles. The van der Waals surface area contributed by atoms with Crippen molar-refractivity contribution >= 4 is 10.0 Å². The Morgan fingerprint density at radius 2 is 2.20 bits per heavy atom. The summed E-state index contributed by atoms with van der Waals surface area (Å²) in [4.78, 5) is 6.89. The average molecular weight is 298 g/mol. The molecule has 9 heteroatoms. The summed E-state index contributed by atoms with van der Waals surface area (Å²) >= 11 is 0. The van der Waals surface area contributed by atoms with Crippen LogP contribution in [-0.4, -0.2) is 34.7 Å². The normalized spacial score (nSPS) is 11.9. The molecule has 0 atom stereocenters. The Labute approximate surface area is 117 Å². The molecule has 20 heavy (non-hydrogen) atoms. The van der Waals surface area contributed by atoms with E-state index in [-0.39, 0.29) is 11.4 Å². The minimum absolute atomic E-state index is 0.156. The minimum Gasteiger partial charge on any atom is -0.347 e. The molecule has 0 saturated carbocycles. The van der Waals surface area contributed by atoms with Gasteiger partial charge in [0.05, 0.1) is 30.8 Å². The average Bonchev–Trinajstić information content (AvgIpc) is 2.97. The summed E-state index contributed by atoms with van der Waals surface area (Å²) in [6, 6.07) is 0. The molecule has 0 unspecified atom stereocenters. The maximum absolute atomic E-state index is 12.4. The zero-order valence-corrected chi connectivity index (χ0v) is 12.2. The third kappa shape index (κ3) is 2.89. The quantitative estimate of drug-likeness (QED) is 0.674. The van der Waals surface area contributed by atoms with Gasteiger partial charge >= 0.3 is 0 Å². The van der Waals surface area contributed by atoms with Crippen molar-refractivity contribution in [3.8, 4) is 0 Å². The molecule has 0 aromatic carbocycles. The number of nitrogens with zero attached hydrogens (tertiary/aromatic N) is 3. The van der Waals surface area contributed by atoms with Crippen molar-refractivity contribution in [3.05, 3.63) is 29.6 Å². The summed E-state index contributed by atoms with van der Waals surface area (Å²) in [5, 5.41) is 4.21. The maximum Gasteiger partial charge on any atom is 0.244 e. The summed E-state index contributed by atoms with van der Waals surface area (Å²) in [6.45, 7) is 4.44. The predicted molar refractivity (Wildman–Crippen MR) is 73.4 cm³/mol. The van der Waals surface area contributed by atoms with Crippen LogP contribution in [0.4, 0.5) is 0 Å². The van der Waals surface area contributed by atoms with Gasteiger partial charge in [0.15, 0.2) is 0 Å². The number of nitrogens with two attached hydrogens (primary N) is 1. The second-order valence-electron chi connectivity index (χ2n) is 4.41. The van der Waals surface area contributed by atoms with Crippen LogP contribution >= 0.6 is 0 Å². The topological polar surface area (TPSA) is 119 Å². The second kappa shape index (κ2) is 5.73. The van der Waals surface area contributed by atoms with Crippen LogP contribution in [0.25, 0.3) is 0 Å². The fourth-order valence-electron chi connectivity index (χ4n) is 2.04. The third-order valence-corrected chi connectivity index (χ3v) is 4.58. The molecular weight excluding hydrogens is 280 g/mol. The lowest BCUT2D eigenvalue weighted by atomic mass is 10.4. The number of rotatable bonds is 6. The number of nitrogens with one attached hydrogen (secondary N) is 2. The zero-order valence-electron chi connectivity index (χ0n) is 11.4. The molecule has 0 amide bonds. The third-order valence-electron chi connectivity index (χ3n) is 2.93. The molecule has 0 aliphatic heterocycles. The van der Waals surface area contributed by atoms with Crippen LogP contribution in [0.15, 0.2) is 17.4 Å². The van der Waals surface area contributed by atoms with E-state index in [4.69, 9.17) is 5.73 Å². The molecule has 0 bridgehead atoms. The van der Waals surface area contributed by atoms with E-state index in [2.05, 4.69) is 19.8 Å². The number of aromatic amines is 1. The molecule has 0 aliphatic rings. The molecule has 2 rings (SSSR count). The SMILES string of the molecule is Cc1nn(CCN)c(C)c1S(=O)(=O)NCc1cnc[nH]1. The first-order valence-corrected chi connectivity index (χ1v) is 7.65. The first kappa shape index (κ1) is 14.7. The van der Waals surface area contributed by atoms with Crippen LogP contribution < -0.4 is 10.5 Å². The smallest absolute Gasteiger partial charge is 0.244 e. The lowest BCUT2D eigenvalue weighted by Gasteiger charge is -2.06. The van der Waals surface area contributed by atoms with Gasteiger partial charge < -0.3 is 10.7 Å². The van der Waals surface area contributed by atoms with Gasteiger partial charge in [-0.25, -0.2) is 18.1 Å². The number of H-pyrrole nitrogens is 1. The van der Waals surface area contributed by atoms with E-state index in [9.17, 15) is 8.42 Å². The van der Waals surface area contributed by atoms with Crippen molar-refractivity contribution in [2.75, 3.05) is 6.54 Å². The number of hydrogen-bond donors (Lipinski definition) is 3. The second-order valence-corrected chi connectivity index (χ2v) is 6.12. The standard InChI is InChI=1S/C11H18N6O2S/c1-8-11(9(2)17(16-8)4-3-12)20(18,19)15-6-10-5-13-7-14-10/h5,7,15H,3-4,6,12H2,1-2H3,(H,13,14). The highest BCUT2D eigenvalue weighted by Gasteiger charge is 2.24. The maximum atomic E-state index is 12.4. The van der Waals surface area contributed by atoms with E-state index >= 15 is 0 Å². The van der Waals surface area contributed by atoms with Gasteiger partial charge in [-0.15, -0.1) is 0 Å². The summed E-state index contributed by atoms with van der Waals surface area (Å²) in [5.41, 5.74) is 7.23. The van der Waals surface area contributed by atoms with E-state index in [0.717, 1.165) is 0 Å². The first-order valence-electron chi connectivity index (χ1n) is 6.16. The van der Waals surface area contributed by atoms with Crippen molar-refractivity contribution in [3.63, 3.8) is 0 Å². The zero-order chi connectivity index (χ0) is 14.8. The van der Waals surface area contributed by atoms with Gasteiger partial charge in [-0.1, -0.05) is 0 Å². The largest absolute Gasteiger partial charge is 0.347 e. The highest BCUT2D eigenvalue weighted by atomic mass is 32.2. The molecule has 0 radical (unpaired) electrons. The number of aromatic nitrogens is 4. The molecule has 8 nitrogen and oxygen atoms in total. The van der Waals surface area contributed by atoms with Crippen molar-refractivity contribution in [2.45, 2.75) is 31.8 Å². The lowest BCUT2D eigenvalue weighted by Crippen LogP contribution is -2.24. The first-order chi connectivity index (χ1) is 9.45. The predicted octanol–water partition coefficient (Wildman–Crippen LogP) is -0.340. The number of aryl methyl sites for hydroxylation is 1. The Bertz CT molecular complexity index is 674. The molecule has 4 N–H and O–H groups in total. The van der Waals surface area contributed by atoms with Gasteiger partial charge in [0.2, 0.25) is 10.0 Å². The minimum atomic E-state index is -3.62. The summed E-state index contributed by atoms with van der Waals surface area (Å²) in [7, 11) is -3.62. The molecular formula is C11H18N6O2S. The van der Waals surface area contributed by atoms with Crippen LogP contribution in [0.1, 0.15) is 17.1 Å². The Morgan fingerprint density at radius 1 is 1.45 bits per heavy atom. The van der Waals surface area contributed by atoms with Gasteiger partial charge in [0.1, 0.15) is 4.90 Å². The van der Waals surface area contributed by atoms with E-state index in [1.807, 2.05) is 0 Å². The molecule has 2 aromatic rings. The molecule has 0 saturated heterocycles. The van der Waals surface area contributed by atoms with Gasteiger partial charge in [0.25, 0.3) is 0 Å². The van der Waals surface area contributed by atoms with Crippen LogP contribution in [0, 0.1) is 13.8 Å². The van der Waals surface area contributed by atoms with E-state index in [0.29, 0.717) is 30.2 Å². The highest BCUT2D eigenvalue weighted by Crippen LogP contribution is 2.19. The molecule has 110 valence electrons. The fraction of sp³-hybridized carbons (Fsp3) is 0.455. The summed E-state index contributed by atoms with van der Waals surface area (Å²) < 4.78 is 28.9. The van der Waals surface area contributed by atoms with Crippen molar-refractivity contribution < 1.29 is 8.42 Å². The van der Waals surface area contributed by atoms with E-state index in [1.54, 1.807) is 24.7 Å². The Kier molecular flexibility index (Phi) is 4.21. The van der Waals surface area contributed by atoms with E-state index in [1.165, 1.54) is 6.33 Å². The van der Waals surface area contributed by atoms with Crippen LogP contribution in [0.5, 0.6) is 0 Å².